The summed E-state index contributed by atoms with van der Waals surface area (Å²) in [6.07, 6.45) is 2.82. The van der Waals surface area contributed by atoms with Crippen molar-refractivity contribution < 1.29 is 12.8 Å². The largest absolute Gasteiger partial charge is 0.358 e. The van der Waals surface area contributed by atoms with Crippen LogP contribution in [0.5, 0.6) is 0 Å². The molecular weight excluding hydrogens is 291 g/mol. The molecule has 0 fully saturated rings. The van der Waals surface area contributed by atoms with Crippen molar-refractivity contribution in [2.24, 2.45) is 0 Å². The second-order valence-electron chi connectivity index (χ2n) is 5.65. The average molecular weight is 310 g/mol. The number of H-pyrrole nitrogens is 1. The van der Waals surface area contributed by atoms with E-state index in [-0.39, 0.29) is 17.6 Å². The van der Waals surface area contributed by atoms with Crippen LogP contribution in [-0.4, -0.2) is 25.2 Å². The maximum Gasteiger partial charge on any atom is 0.211 e. The van der Waals surface area contributed by atoms with Crippen LogP contribution in [0.4, 0.5) is 4.39 Å². The van der Waals surface area contributed by atoms with E-state index in [4.69, 9.17) is 0 Å². The van der Waals surface area contributed by atoms with Crippen LogP contribution in [0.2, 0.25) is 0 Å². The van der Waals surface area contributed by atoms with Crippen LogP contribution in [0.1, 0.15) is 31.0 Å². The molecule has 6 heteroatoms. The minimum atomic E-state index is -3.20. The van der Waals surface area contributed by atoms with E-state index >= 15 is 0 Å². The summed E-state index contributed by atoms with van der Waals surface area (Å²) < 4.78 is 39.8. The molecule has 1 aliphatic carbocycles. The number of aromatic nitrogens is 1. The smallest absolute Gasteiger partial charge is 0.211 e. The number of benzene rings is 1. The normalized spacial score (nSPS) is 18.9. The van der Waals surface area contributed by atoms with Gasteiger partial charge < -0.3 is 4.98 Å². The topological polar surface area (TPSA) is 62.0 Å². The zero-order valence-corrected chi connectivity index (χ0v) is 12.8. The molecule has 1 aliphatic rings. The second-order valence-corrected chi connectivity index (χ2v) is 7.52. The Morgan fingerprint density at radius 1 is 1.43 bits per heavy atom. The lowest BCUT2D eigenvalue weighted by atomic mass is 9.92. The molecule has 114 valence electrons. The monoisotopic (exact) mass is 310 g/mol. The van der Waals surface area contributed by atoms with Crippen LogP contribution in [0.3, 0.4) is 0 Å². The number of hydrogen-bond acceptors (Lipinski definition) is 2. The maximum absolute atomic E-state index is 13.3. The van der Waals surface area contributed by atoms with Crippen LogP contribution in [0.15, 0.2) is 18.2 Å². The van der Waals surface area contributed by atoms with E-state index in [0.29, 0.717) is 12.8 Å². The lowest BCUT2D eigenvalue weighted by Crippen LogP contribution is -2.39. The number of hydrogen-bond donors (Lipinski definition) is 2. The third kappa shape index (κ3) is 2.96. The first-order valence-electron chi connectivity index (χ1n) is 7.27. The fourth-order valence-corrected chi connectivity index (χ4v) is 4.44. The quantitative estimate of drug-likeness (QED) is 0.911. The number of sulfonamides is 1. The van der Waals surface area contributed by atoms with Gasteiger partial charge in [-0.25, -0.2) is 17.5 Å². The van der Waals surface area contributed by atoms with Crippen molar-refractivity contribution in [1.29, 1.82) is 0 Å². The van der Waals surface area contributed by atoms with Gasteiger partial charge in [-0.2, -0.15) is 0 Å². The van der Waals surface area contributed by atoms with E-state index in [9.17, 15) is 12.8 Å². The van der Waals surface area contributed by atoms with Crippen LogP contribution in [0, 0.1) is 5.82 Å². The summed E-state index contributed by atoms with van der Waals surface area (Å²) in [5.74, 6) is -0.101. The summed E-state index contributed by atoms with van der Waals surface area (Å²) in [6, 6.07) is 4.63. The summed E-state index contributed by atoms with van der Waals surface area (Å²) in [7, 11) is -3.20. The van der Waals surface area contributed by atoms with E-state index in [1.165, 1.54) is 12.1 Å². The Morgan fingerprint density at radius 2 is 2.24 bits per heavy atom. The second kappa shape index (κ2) is 5.42. The van der Waals surface area contributed by atoms with Crippen LogP contribution in [0.25, 0.3) is 10.9 Å². The van der Waals surface area contributed by atoms with Crippen LogP contribution in [-0.2, 0) is 22.9 Å². The third-order valence-corrected chi connectivity index (χ3v) is 5.61. The van der Waals surface area contributed by atoms with Crippen molar-refractivity contribution >= 4 is 20.9 Å². The standard InChI is InChI=1S/C15H19FN2O2S/c1-2-7-21(19,20)18-11-4-6-14-13(9-11)12-5-3-10(16)8-15(12)17-14/h3,5,8,11,17-18H,2,4,6-7,9H2,1H3. The van der Waals surface area contributed by atoms with Gasteiger partial charge in [0.25, 0.3) is 0 Å². The fraction of sp³-hybridized carbons (Fsp3) is 0.467. The van der Waals surface area contributed by atoms with Gasteiger partial charge >= 0.3 is 0 Å². The maximum atomic E-state index is 13.3. The summed E-state index contributed by atoms with van der Waals surface area (Å²) in [5, 5.41) is 0.991. The molecule has 0 amide bonds. The summed E-state index contributed by atoms with van der Waals surface area (Å²) in [5.41, 5.74) is 3.00. The zero-order valence-electron chi connectivity index (χ0n) is 11.9. The first-order chi connectivity index (χ1) is 9.98. The van der Waals surface area contributed by atoms with Gasteiger partial charge in [-0.05, 0) is 49.4 Å². The molecule has 1 aromatic carbocycles. The van der Waals surface area contributed by atoms with Gasteiger partial charge in [0.1, 0.15) is 5.82 Å². The molecule has 0 radical (unpaired) electrons. The highest BCUT2D eigenvalue weighted by molar-refractivity contribution is 7.89. The highest BCUT2D eigenvalue weighted by Crippen LogP contribution is 2.29. The molecule has 1 heterocycles. The van der Waals surface area contributed by atoms with Gasteiger partial charge in [-0.15, -0.1) is 0 Å². The number of nitrogens with one attached hydrogen (secondary N) is 2. The third-order valence-electron chi connectivity index (χ3n) is 3.97. The Bertz CT molecular complexity index is 767. The van der Waals surface area contributed by atoms with E-state index in [0.717, 1.165) is 35.0 Å². The number of rotatable bonds is 4. The molecule has 0 aliphatic heterocycles. The van der Waals surface area contributed by atoms with Gasteiger partial charge in [0, 0.05) is 22.6 Å². The van der Waals surface area contributed by atoms with E-state index in [2.05, 4.69) is 9.71 Å². The molecule has 21 heavy (non-hydrogen) atoms. The van der Waals surface area contributed by atoms with Gasteiger partial charge in [-0.1, -0.05) is 6.92 Å². The molecular formula is C15H19FN2O2S. The van der Waals surface area contributed by atoms with E-state index in [1.54, 1.807) is 6.07 Å². The molecule has 1 atom stereocenters. The molecule has 2 N–H and O–H groups in total. The average Bonchev–Trinajstić information content (AvgIpc) is 2.74. The molecule has 1 aromatic heterocycles. The van der Waals surface area contributed by atoms with Crippen LogP contribution < -0.4 is 4.72 Å². The Balaban J connectivity index is 1.86. The minimum Gasteiger partial charge on any atom is -0.358 e. The van der Waals surface area contributed by atoms with Crippen molar-refractivity contribution in [3.63, 3.8) is 0 Å². The zero-order chi connectivity index (χ0) is 15.0. The number of fused-ring (bicyclic) bond motifs is 3. The van der Waals surface area contributed by atoms with Gasteiger partial charge in [0.05, 0.1) is 5.75 Å². The van der Waals surface area contributed by atoms with Crippen molar-refractivity contribution in [3.8, 4) is 0 Å². The van der Waals surface area contributed by atoms with Crippen LogP contribution >= 0.6 is 0 Å². The molecule has 2 aromatic rings. The number of halogens is 1. The Morgan fingerprint density at radius 3 is 3.00 bits per heavy atom. The van der Waals surface area contributed by atoms with Crippen molar-refractivity contribution in [1.82, 2.24) is 9.71 Å². The highest BCUT2D eigenvalue weighted by Gasteiger charge is 2.25. The van der Waals surface area contributed by atoms with Crippen molar-refractivity contribution in [3.05, 3.63) is 35.3 Å². The number of aryl methyl sites for hydroxylation is 1. The molecule has 0 saturated carbocycles. The van der Waals surface area contributed by atoms with E-state index < -0.39 is 10.0 Å². The highest BCUT2D eigenvalue weighted by atomic mass is 32.2. The van der Waals surface area contributed by atoms with Gasteiger partial charge in [-0.3, -0.25) is 0 Å². The summed E-state index contributed by atoms with van der Waals surface area (Å²) >= 11 is 0. The van der Waals surface area contributed by atoms with Gasteiger partial charge in [0.2, 0.25) is 10.0 Å². The Kier molecular flexibility index (Phi) is 3.75. The predicted molar refractivity (Wildman–Crippen MR) is 81.3 cm³/mol. The lowest BCUT2D eigenvalue weighted by Gasteiger charge is -2.23. The lowest BCUT2D eigenvalue weighted by molar-refractivity contribution is 0.506. The van der Waals surface area contributed by atoms with Gasteiger partial charge in [0.15, 0.2) is 0 Å². The first-order valence-corrected chi connectivity index (χ1v) is 8.92. The number of aromatic amines is 1. The summed E-state index contributed by atoms with van der Waals surface area (Å²) in [4.78, 5) is 3.25. The van der Waals surface area contributed by atoms with Crippen molar-refractivity contribution in [2.75, 3.05) is 5.75 Å². The SMILES string of the molecule is CCCS(=O)(=O)NC1CCc2[nH]c3cc(F)ccc3c2C1. The molecule has 0 saturated heterocycles. The first kappa shape index (κ1) is 14.5. The molecule has 0 bridgehead atoms. The Hall–Kier alpha value is -1.40. The van der Waals surface area contributed by atoms with E-state index in [1.807, 2.05) is 6.92 Å². The van der Waals surface area contributed by atoms with Crippen molar-refractivity contribution in [2.45, 2.75) is 38.6 Å². The molecule has 0 spiro atoms. The summed E-state index contributed by atoms with van der Waals surface area (Å²) in [6.45, 7) is 1.85. The molecule has 4 nitrogen and oxygen atoms in total. The Labute approximate surface area is 123 Å². The molecule has 3 rings (SSSR count). The fourth-order valence-electron chi connectivity index (χ4n) is 3.08. The predicted octanol–water partition coefficient (Wildman–Crippen LogP) is 2.49. The molecule has 1 unspecified atom stereocenters. The minimum absolute atomic E-state index is 0.0712.